The number of carbonyl (C=O) groups excluding carboxylic acids is 1. The molecule has 1 aromatic heterocycles. The van der Waals surface area contributed by atoms with Gasteiger partial charge in [0.05, 0.1) is 11.5 Å². The lowest BCUT2D eigenvalue weighted by Crippen LogP contribution is -2.31. The molecule has 5 nitrogen and oxygen atoms in total. The minimum atomic E-state index is -2.90. The molecule has 1 atom stereocenters. The van der Waals surface area contributed by atoms with Crippen LogP contribution in [0.1, 0.15) is 12.0 Å². The molecule has 0 saturated carbocycles. The Balaban J connectivity index is 1.68. The van der Waals surface area contributed by atoms with E-state index in [2.05, 4.69) is 0 Å². The van der Waals surface area contributed by atoms with E-state index in [0.29, 0.717) is 13.0 Å². The van der Waals surface area contributed by atoms with E-state index < -0.39 is 9.84 Å². The van der Waals surface area contributed by atoms with Crippen LogP contribution in [0.3, 0.4) is 0 Å². The second kappa shape index (κ2) is 6.43. The number of likely N-dealkylation sites (N-methyl/N-ethyl adjacent to an activating group) is 1. The molecule has 1 unspecified atom stereocenters. The van der Waals surface area contributed by atoms with E-state index in [-0.39, 0.29) is 23.3 Å². The van der Waals surface area contributed by atoms with Gasteiger partial charge in [-0.3, -0.25) is 4.79 Å². The van der Waals surface area contributed by atoms with Crippen molar-refractivity contribution in [3.63, 3.8) is 0 Å². The number of fused-ring (bicyclic) bond motifs is 1. The summed E-state index contributed by atoms with van der Waals surface area (Å²) in [6.45, 7) is 0.484. The quantitative estimate of drug-likeness (QED) is 0.797. The number of benzene rings is 1. The van der Waals surface area contributed by atoms with E-state index >= 15 is 0 Å². The summed E-state index contributed by atoms with van der Waals surface area (Å²) in [6, 6.07) is 8.05. The summed E-state index contributed by atoms with van der Waals surface area (Å²) in [5, 5.41) is 1.11. The van der Waals surface area contributed by atoms with Gasteiger partial charge in [0.2, 0.25) is 5.91 Å². The van der Waals surface area contributed by atoms with Crippen molar-refractivity contribution < 1.29 is 13.2 Å². The molecule has 2 heterocycles. The highest BCUT2D eigenvalue weighted by Crippen LogP contribution is 2.22. The molecule has 2 aromatic rings. The van der Waals surface area contributed by atoms with E-state index in [1.807, 2.05) is 48.2 Å². The molecule has 1 saturated heterocycles. The minimum Gasteiger partial charge on any atom is -0.350 e. The topological polar surface area (TPSA) is 59.4 Å². The number of aromatic nitrogens is 1. The van der Waals surface area contributed by atoms with Crippen molar-refractivity contribution >= 4 is 32.7 Å². The summed E-state index contributed by atoms with van der Waals surface area (Å²) in [5.41, 5.74) is 2.12. The summed E-state index contributed by atoms with van der Waals surface area (Å²) < 4.78 is 25.1. The molecule has 24 heavy (non-hydrogen) atoms. The summed E-state index contributed by atoms with van der Waals surface area (Å²) in [4.78, 5) is 13.9. The highest BCUT2D eigenvalue weighted by atomic mass is 32.2. The van der Waals surface area contributed by atoms with Gasteiger partial charge in [-0.15, -0.1) is 0 Å². The van der Waals surface area contributed by atoms with Gasteiger partial charge < -0.3 is 9.47 Å². The molecule has 0 N–H and O–H groups in total. The lowest BCUT2D eigenvalue weighted by atomic mass is 10.1. The van der Waals surface area contributed by atoms with Gasteiger partial charge in [-0.1, -0.05) is 18.2 Å². The number of sulfone groups is 1. The van der Waals surface area contributed by atoms with Crippen LogP contribution in [0.25, 0.3) is 17.0 Å². The number of para-hydroxylation sites is 1. The Kier molecular flexibility index (Phi) is 4.49. The fourth-order valence-corrected chi connectivity index (χ4v) is 5.14. The second-order valence-corrected chi connectivity index (χ2v) is 8.76. The minimum absolute atomic E-state index is 0.0508. The molecular weight excluding hydrogens is 324 g/mol. The lowest BCUT2D eigenvalue weighted by Gasteiger charge is -2.18. The molecule has 0 spiro atoms. The largest absolute Gasteiger partial charge is 0.350 e. The molecule has 0 bridgehead atoms. The lowest BCUT2D eigenvalue weighted by molar-refractivity contribution is -0.125. The van der Waals surface area contributed by atoms with Gasteiger partial charge in [0.15, 0.2) is 9.84 Å². The number of nitrogens with zero attached hydrogens (tertiary/aromatic N) is 2. The highest BCUT2D eigenvalue weighted by Gasteiger charge is 2.29. The summed E-state index contributed by atoms with van der Waals surface area (Å²) in [7, 11) is 0.801. The third-order valence-electron chi connectivity index (χ3n) is 4.57. The van der Waals surface area contributed by atoms with Crippen molar-refractivity contribution in [1.29, 1.82) is 0 Å². The van der Waals surface area contributed by atoms with Crippen LogP contribution >= 0.6 is 0 Å². The number of rotatable bonds is 4. The van der Waals surface area contributed by atoms with Crippen LogP contribution in [-0.2, 0) is 21.7 Å². The SMILES string of the molecule is CN(CC1CCS(=O)(=O)C1)C(=O)C=Cc1cn(C)c2ccccc12. The number of hydrogen-bond acceptors (Lipinski definition) is 3. The Morgan fingerprint density at radius 2 is 2.12 bits per heavy atom. The van der Waals surface area contributed by atoms with Crippen LogP contribution in [0.2, 0.25) is 0 Å². The predicted octanol–water partition coefficient (Wildman–Crippen LogP) is 2.08. The number of aryl methyl sites for hydroxylation is 1. The fourth-order valence-electron chi connectivity index (χ4n) is 3.29. The highest BCUT2D eigenvalue weighted by molar-refractivity contribution is 7.91. The summed E-state index contributed by atoms with van der Waals surface area (Å²) in [6.07, 6.45) is 6.03. The van der Waals surface area contributed by atoms with E-state index in [9.17, 15) is 13.2 Å². The maximum absolute atomic E-state index is 12.3. The number of amides is 1. The Hall–Kier alpha value is -2.08. The second-order valence-electron chi connectivity index (χ2n) is 6.53. The molecule has 1 fully saturated rings. The molecular formula is C18H22N2O3S. The Bertz CT molecular complexity index is 896. The van der Waals surface area contributed by atoms with E-state index in [1.165, 1.54) is 0 Å². The van der Waals surface area contributed by atoms with Crippen molar-refractivity contribution in [2.24, 2.45) is 13.0 Å². The zero-order chi connectivity index (χ0) is 17.3. The summed E-state index contributed by atoms with van der Waals surface area (Å²) in [5.74, 6) is 0.380. The first-order valence-electron chi connectivity index (χ1n) is 8.03. The van der Waals surface area contributed by atoms with Crippen LogP contribution in [-0.4, -0.2) is 48.9 Å². The predicted molar refractivity (Wildman–Crippen MR) is 96.4 cm³/mol. The molecule has 3 rings (SSSR count). The van der Waals surface area contributed by atoms with Crippen molar-refractivity contribution in [3.8, 4) is 0 Å². The third-order valence-corrected chi connectivity index (χ3v) is 6.41. The van der Waals surface area contributed by atoms with Gasteiger partial charge in [-0.2, -0.15) is 0 Å². The maximum atomic E-state index is 12.3. The first-order chi connectivity index (χ1) is 11.4. The smallest absolute Gasteiger partial charge is 0.246 e. The normalized spacial score (nSPS) is 20.0. The van der Waals surface area contributed by atoms with Crippen molar-refractivity contribution in [2.45, 2.75) is 6.42 Å². The monoisotopic (exact) mass is 346 g/mol. The van der Waals surface area contributed by atoms with Crippen LogP contribution in [0.15, 0.2) is 36.5 Å². The van der Waals surface area contributed by atoms with Crippen molar-refractivity contribution in [2.75, 3.05) is 25.1 Å². The zero-order valence-electron chi connectivity index (χ0n) is 14.0. The van der Waals surface area contributed by atoms with Gasteiger partial charge in [0.1, 0.15) is 0 Å². The van der Waals surface area contributed by atoms with Crippen molar-refractivity contribution in [3.05, 3.63) is 42.1 Å². The van der Waals surface area contributed by atoms with Gasteiger partial charge in [0, 0.05) is 49.4 Å². The molecule has 0 aliphatic carbocycles. The van der Waals surface area contributed by atoms with Crippen molar-refractivity contribution in [1.82, 2.24) is 9.47 Å². The maximum Gasteiger partial charge on any atom is 0.246 e. The molecule has 1 aliphatic rings. The summed E-state index contributed by atoms with van der Waals surface area (Å²) >= 11 is 0. The van der Waals surface area contributed by atoms with Crippen LogP contribution < -0.4 is 0 Å². The Labute approximate surface area is 142 Å². The van der Waals surface area contributed by atoms with E-state index in [4.69, 9.17) is 0 Å². The zero-order valence-corrected chi connectivity index (χ0v) is 14.8. The van der Waals surface area contributed by atoms with Gasteiger partial charge >= 0.3 is 0 Å². The average molecular weight is 346 g/mol. The standard InChI is InChI=1S/C18H22N2O3S/c1-19-12-15(16-5-3-4-6-17(16)19)7-8-18(21)20(2)11-14-9-10-24(22,23)13-14/h3-8,12,14H,9-11,13H2,1-2H3. The van der Waals surface area contributed by atoms with E-state index in [1.54, 1.807) is 18.0 Å². The molecule has 1 aromatic carbocycles. The number of hydrogen-bond donors (Lipinski definition) is 0. The fraction of sp³-hybridized carbons (Fsp3) is 0.389. The van der Waals surface area contributed by atoms with Gasteiger partial charge in [-0.05, 0) is 24.5 Å². The molecule has 1 amide bonds. The average Bonchev–Trinajstić information content (AvgIpc) is 3.05. The molecule has 128 valence electrons. The molecule has 6 heteroatoms. The van der Waals surface area contributed by atoms with Gasteiger partial charge in [0.25, 0.3) is 0 Å². The third kappa shape index (κ3) is 3.53. The van der Waals surface area contributed by atoms with Gasteiger partial charge in [-0.25, -0.2) is 8.42 Å². The van der Waals surface area contributed by atoms with Crippen LogP contribution in [0, 0.1) is 5.92 Å². The van der Waals surface area contributed by atoms with Crippen LogP contribution in [0.5, 0.6) is 0 Å². The van der Waals surface area contributed by atoms with E-state index in [0.717, 1.165) is 16.5 Å². The first-order valence-corrected chi connectivity index (χ1v) is 9.85. The molecule has 0 radical (unpaired) electrons. The Morgan fingerprint density at radius 3 is 2.83 bits per heavy atom. The first kappa shape index (κ1) is 16.8. The van der Waals surface area contributed by atoms with Crippen LogP contribution in [0.4, 0.5) is 0 Å². The Morgan fingerprint density at radius 1 is 1.38 bits per heavy atom. The molecule has 1 aliphatic heterocycles. The number of carbonyl (C=O) groups is 1.